The van der Waals surface area contributed by atoms with Gasteiger partial charge in [0.05, 0.1) is 16.9 Å². The van der Waals surface area contributed by atoms with Crippen LogP contribution in [0.1, 0.15) is 12.1 Å². The molecule has 0 aliphatic carbocycles. The lowest BCUT2D eigenvalue weighted by atomic mass is 10.3. The molecule has 0 aromatic carbocycles. The SMILES string of the molecule is COc1cnc(C(F)F)c(I)c1F. The van der Waals surface area contributed by atoms with Crippen molar-refractivity contribution in [3.05, 3.63) is 21.3 Å². The molecule has 1 rings (SSSR count). The third-order valence-corrected chi connectivity index (χ3v) is 2.41. The quantitative estimate of drug-likeness (QED) is 0.784. The van der Waals surface area contributed by atoms with Crippen LogP contribution in [0.5, 0.6) is 5.75 Å². The van der Waals surface area contributed by atoms with Gasteiger partial charge in [-0.05, 0) is 22.6 Å². The van der Waals surface area contributed by atoms with Gasteiger partial charge in [0.25, 0.3) is 6.43 Å². The van der Waals surface area contributed by atoms with Crippen LogP contribution in [0.25, 0.3) is 0 Å². The molecule has 0 unspecified atom stereocenters. The third-order valence-electron chi connectivity index (χ3n) is 1.38. The molecule has 72 valence electrons. The molecule has 0 spiro atoms. The van der Waals surface area contributed by atoms with Gasteiger partial charge in [-0.2, -0.15) is 0 Å². The number of pyridine rings is 1. The summed E-state index contributed by atoms with van der Waals surface area (Å²) < 4.78 is 41.8. The second-order valence-corrected chi connectivity index (χ2v) is 3.22. The molecule has 0 bridgehead atoms. The van der Waals surface area contributed by atoms with E-state index in [-0.39, 0.29) is 9.32 Å². The van der Waals surface area contributed by atoms with Gasteiger partial charge >= 0.3 is 0 Å². The first-order valence-electron chi connectivity index (χ1n) is 3.24. The lowest BCUT2D eigenvalue weighted by Crippen LogP contribution is -2.00. The molecule has 0 atom stereocenters. The highest BCUT2D eigenvalue weighted by Crippen LogP contribution is 2.28. The molecule has 0 saturated carbocycles. The van der Waals surface area contributed by atoms with Crippen molar-refractivity contribution in [2.45, 2.75) is 6.43 Å². The van der Waals surface area contributed by atoms with E-state index in [1.165, 1.54) is 29.7 Å². The van der Waals surface area contributed by atoms with Gasteiger partial charge in [-0.25, -0.2) is 13.2 Å². The number of alkyl halides is 2. The predicted octanol–water partition coefficient (Wildman–Crippen LogP) is 2.77. The average molecular weight is 303 g/mol. The molecule has 1 aromatic rings. The molecule has 6 heteroatoms. The van der Waals surface area contributed by atoms with Gasteiger partial charge in [0.2, 0.25) is 0 Å². The van der Waals surface area contributed by atoms with Crippen molar-refractivity contribution >= 4 is 22.6 Å². The molecule has 0 N–H and O–H groups in total. The van der Waals surface area contributed by atoms with Crippen molar-refractivity contribution < 1.29 is 17.9 Å². The van der Waals surface area contributed by atoms with Crippen LogP contribution in [0.15, 0.2) is 6.20 Å². The Kier molecular flexibility index (Phi) is 3.34. The summed E-state index contributed by atoms with van der Waals surface area (Å²) in [5.41, 5.74) is -0.557. The second-order valence-electron chi connectivity index (χ2n) is 2.14. The van der Waals surface area contributed by atoms with E-state index in [0.717, 1.165) is 6.20 Å². The topological polar surface area (TPSA) is 22.1 Å². The first kappa shape index (κ1) is 10.6. The van der Waals surface area contributed by atoms with Gasteiger partial charge in [0.1, 0.15) is 5.69 Å². The molecule has 1 heterocycles. The predicted molar refractivity (Wildman–Crippen MR) is 48.4 cm³/mol. The molecular weight excluding hydrogens is 298 g/mol. The van der Waals surface area contributed by atoms with E-state index < -0.39 is 17.9 Å². The normalized spacial score (nSPS) is 10.6. The highest BCUT2D eigenvalue weighted by molar-refractivity contribution is 14.1. The number of nitrogens with zero attached hydrogens (tertiary/aromatic N) is 1. The summed E-state index contributed by atoms with van der Waals surface area (Å²) in [5, 5.41) is 0. The Morgan fingerprint density at radius 3 is 2.62 bits per heavy atom. The van der Waals surface area contributed by atoms with Gasteiger partial charge in [-0.3, -0.25) is 4.98 Å². The Bertz CT molecular complexity index is 319. The van der Waals surface area contributed by atoms with Gasteiger partial charge in [-0.15, -0.1) is 0 Å². The van der Waals surface area contributed by atoms with Crippen molar-refractivity contribution in [3.63, 3.8) is 0 Å². The van der Waals surface area contributed by atoms with E-state index in [4.69, 9.17) is 0 Å². The van der Waals surface area contributed by atoms with Crippen molar-refractivity contribution in [2.75, 3.05) is 7.11 Å². The maximum absolute atomic E-state index is 13.1. The van der Waals surface area contributed by atoms with Gasteiger partial charge < -0.3 is 4.74 Å². The van der Waals surface area contributed by atoms with Crippen LogP contribution in [0, 0.1) is 9.39 Å². The van der Waals surface area contributed by atoms with E-state index in [9.17, 15) is 13.2 Å². The van der Waals surface area contributed by atoms with Crippen LogP contribution in [-0.2, 0) is 0 Å². The van der Waals surface area contributed by atoms with E-state index in [1.54, 1.807) is 0 Å². The molecular formula is C7H5F3INO. The molecule has 0 aliphatic rings. The smallest absolute Gasteiger partial charge is 0.281 e. The minimum atomic E-state index is -2.77. The summed E-state index contributed by atoms with van der Waals surface area (Å²) in [4.78, 5) is 3.39. The molecule has 0 amide bonds. The zero-order valence-electron chi connectivity index (χ0n) is 6.52. The molecule has 13 heavy (non-hydrogen) atoms. The number of ether oxygens (including phenoxy) is 1. The van der Waals surface area contributed by atoms with Gasteiger partial charge in [0.15, 0.2) is 11.6 Å². The van der Waals surface area contributed by atoms with Gasteiger partial charge in [0, 0.05) is 0 Å². The van der Waals surface area contributed by atoms with Crippen LogP contribution < -0.4 is 4.74 Å². The highest BCUT2D eigenvalue weighted by atomic mass is 127. The summed E-state index contributed by atoms with van der Waals surface area (Å²) in [6, 6.07) is 0. The number of rotatable bonds is 2. The van der Waals surface area contributed by atoms with Crippen LogP contribution >= 0.6 is 22.6 Å². The summed E-state index contributed by atoms with van der Waals surface area (Å²) >= 11 is 1.47. The highest BCUT2D eigenvalue weighted by Gasteiger charge is 2.19. The fraction of sp³-hybridized carbons (Fsp3) is 0.286. The van der Waals surface area contributed by atoms with E-state index >= 15 is 0 Å². The van der Waals surface area contributed by atoms with Crippen LogP contribution in [0.2, 0.25) is 0 Å². The Hall–Kier alpha value is -0.530. The van der Waals surface area contributed by atoms with Crippen LogP contribution in [-0.4, -0.2) is 12.1 Å². The van der Waals surface area contributed by atoms with E-state index in [0.29, 0.717) is 0 Å². The fourth-order valence-electron chi connectivity index (χ4n) is 0.757. The monoisotopic (exact) mass is 303 g/mol. The minimum Gasteiger partial charge on any atom is -0.492 e. The fourth-order valence-corrected chi connectivity index (χ4v) is 1.40. The second kappa shape index (κ2) is 4.12. The van der Waals surface area contributed by atoms with Gasteiger partial charge in [-0.1, -0.05) is 0 Å². The summed E-state index contributed by atoms with van der Waals surface area (Å²) in [5.74, 6) is -0.929. The maximum Gasteiger partial charge on any atom is 0.281 e. The van der Waals surface area contributed by atoms with Crippen molar-refractivity contribution in [2.24, 2.45) is 0 Å². The maximum atomic E-state index is 13.1. The summed E-state index contributed by atoms with van der Waals surface area (Å²) in [7, 11) is 1.25. The number of aromatic nitrogens is 1. The molecule has 2 nitrogen and oxygen atoms in total. The number of hydrogen-bond acceptors (Lipinski definition) is 2. The van der Waals surface area contributed by atoms with E-state index in [2.05, 4.69) is 9.72 Å². The molecule has 0 radical (unpaired) electrons. The Labute approximate surface area is 86.3 Å². The molecule has 0 fully saturated rings. The zero-order chi connectivity index (χ0) is 10.0. The third kappa shape index (κ3) is 2.04. The zero-order valence-corrected chi connectivity index (χ0v) is 8.68. The van der Waals surface area contributed by atoms with Crippen LogP contribution in [0.4, 0.5) is 13.2 Å². The Morgan fingerprint density at radius 2 is 2.15 bits per heavy atom. The molecule has 1 aromatic heterocycles. The Morgan fingerprint density at radius 1 is 1.54 bits per heavy atom. The lowest BCUT2D eigenvalue weighted by Gasteiger charge is -2.06. The van der Waals surface area contributed by atoms with Crippen molar-refractivity contribution in [1.82, 2.24) is 4.98 Å². The van der Waals surface area contributed by atoms with Crippen LogP contribution in [0.3, 0.4) is 0 Å². The van der Waals surface area contributed by atoms with Crippen molar-refractivity contribution in [1.29, 1.82) is 0 Å². The standard InChI is InChI=1S/C7H5F3INO/c1-13-3-2-12-6(7(9)10)5(11)4(3)8/h2,7H,1H3. The number of hydrogen-bond donors (Lipinski definition) is 0. The molecule has 0 saturated heterocycles. The number of halogens is 4. The van der Waals surface area contributed by atoms with E-state index in [1.807, 2.05) is 0 Å². The lowest BCUT2D eigenvalue weighted by molar-refractivity contribution is 0.144. The Balaban J connectivity index is 3.23. The number of methoxy groups -OCH3 is 1. The average Bonchev–Trinajstić information content (AvgIpc) is 2.09. The first-order chi connectivity index (χ1) is 6.07. The minimum absolute atomic E-state index is 0.131. The molecule has 0 aliphatic heterocycles. The summed E-state index contributed by atoms with van der Waals surface area (Å²) in [6.07, 6.45) is -1.83. The first-order valence-corrected chi connectivity index (χ1v) is 4.31. The van der Waals surface area contributed by atoms with Crippen molar-refractivity contribution in [3.8, 4) is 5.75 Å². The summed E-state index contributed by atoms with van der Waals surface area (Å²) in [6.45, 7) is 0. The largest absolute Gasteiger partial charge is 0.492 e.